The Hall–Kier alpha value is -1.70. The number of rotatable bonds is 8. The lowest BCUT2D eigenvalue weighted by molar-refractivity contribution is -0.137. The predicted molar refractivity (Wildman–Crippen MR) is 74.7 cm³/mol. The van der Waals surface area contributed by atoms with Gasteiger partial charge in [0.1, 0.15) is 0 Å². The lowest BCUT2D eigenvalue weighted by atomic mass is 9.84. The molecule has 0 aromatic rings. The van der Waals surface area contributed by atoms with Crippen molar-refractivity contribution in [1.82, 2.24) is 10.6 Å². The molecule has 0 bridgehead atoms. The third-order valence-electron chi connectivity index (χ3n) is 2.82. The van der Waals surface area contributed by atoms with Gasteiger partial charge in [0.15, 0.2) is 0 Å². The van der Waals surface area contributed by atoms with E-state index in [4.69, 9.17) is 5.11 Å². The van der Waals surface area contributed by atoms with Crippen molar-refractivity contribution in [2.45, 2.75) is 46.5 Å². The average Bonchev–Trinajstić information content (AvgIpc) is 2.32. The van der Waals surface area contributed by atoms with E-state index in [1.54, 1.807) is 6.92 Å². The van der Waals surface area contributed by atoms with Crippen LogP contribution in [-0.4, -0.2) is 30.2 Å². The van der Waals surface area contributed by atoms with Gasteiger partial charge < -0.3 is 15.7 Å². The SMILES string of the molecule is CC#CCCNC(=O)NCCC(C)(C)CCC(=O)O. The number of carbonyl (C=O) groups excluding carboxylic acids is 1. The molecule has 3 N–H and O–H groups in total. The van der Waals surface area contributed by atoms with Crippen molar-refractivity contribution in [3.63, 3.8) is 0 Å². The minimum Gasteiger partial charge on any atom is -0.481 e. The molecule has 0 aliphatic carbocycles. The van der Waals surface area contributed by atoms with Crippen LogP contribution < -0.4 is 10.6 Å². The maximum absolute atomic E-state index is 11.4. The van der Waals surface area contributed by atoms with Gasteiger partial charge in [-0.25, -0.2) is 4.79 Å². The third-order valence-corrected chi connectivity index (χ3v) is 2.82. The van der Waals surface area contributed by atoms with Gasteiger partial charge >= 0.3 is 12.0 Å². The summed E-state index contributed by atoms with van der Waals surface area (Å²) >= 11 is 0. The number of carbonyl (C=O) groups is 2. The van der Waals surface area contributed by atoms with Crippen LogP contribution in [0.1, 0.15) is 46.5 Å². The Kier molecular flexibility index (Phi) is 8.43. The largest absolute Gasteiger partial charge is 0.481 e. The highest BCUT2D eigenvalue weighted by molar-refractivity contribution is 5.73. The van der Waals surface area contributed by atoms with Crippen molar-refractivity contribution < 1.29 is 14.7 Å². The molecule has 0 fully saturated rings. The van der Waals surface area contributed by atoms with Crippen molar-refractivity contribution in [3.8, 4) is 11.8 Å². The molecule has 0 heterocycles. The van der Waals surface area contributed by atoms with Crippen LogP contribution in [-0.2, 0) is 4.79 Å². The molecule has 0 aromatic carbocycles. The molecule has 0 aromatic heterocycles. The minimum atomic E-state index is -0.782. The first-order valence-electron chi connectivity index (χ1n) is 6.50. The van der Waals surface area contributed by atoms with E-state index in [1.165, 1.54) is 0 Å². The molecule has 0 rings (SSSR count). The Morgan fingerprint density at radius 2 is 1.79 bits per heavy atom. The fourth-order valence-corrected chi connectivity index (χ4v) is 1.51. The number of amides is 2. The smallest absolute Gasteiger partial charge is 0.314 e. The number of nitrogens with one attached hydrogen (secondary N) is 2. The fraction of sp³-hybridized carbons (Fsp3) is 0.714. The standard InChI is InChI=1S/C14H24N2O3/c1-4-5-6-10-15-13(19)16-11-9-14(2,3)8-7-12(17)18/h6-11H2,1-3H3,(H,17,18)(H2,15,16,19). The molecule has 19 heavy (non-hydrogen) atoms. The molecular formula is C14H24N2O3. The van der Waals surface area contributed by atoms with Crippen LogP contribution in [0.5, 0.6) is 0 Å². The normalized spacial score (nSPS) is 10.3. The summed E-state index contributed by atoms with van der Waals surface area (Å²) in [5, 5.41) is 14.1. The van der Waals surface area contributed by atoms with Crippen LogP contribution in [0.15, 0.2) is 0 Å². The first-order valence-corrected chi connectivity index (χ1v) is 6.50. The molecular weight excluding hydrogens is 244 g/mol. The zero-order chi connectivity index (χ0) is 14.7. The van der Waals surface area contributed by atoms with Crippen LogP contribution >= 0.6 is 0 Å². The summed E-state index contributed by atoms with van der Waals surface area (Å²) in [6.45, 7) is 6.85. The van der Waals surface area contributed by atoms with Gasteiger partial charge in [0, 0.05) is 25.9 Å². The molecule has 0 atom stereocenters. The van der Waals surface area contributed by atoms with E-state index >= 15 is 0 Å². The zero-order valence-electron chi connectivity index (χ0n) is 12.0. The molecule has 0 unspecified atom stereocenters. The maximum atomic E-state index is 11.4. The molecule has 2 amide bonds. The number of hydrogen-bond donors (Lipinski definition) is 3. The van der Waals surface area contributed by atoms with Crippen LogP contribution in [0.4, 0.5) is 4.79 Å². The second kappa shape index (κ2) is 9.26. The van der Waals surface area contributed by atoms with E-state index in [-0.39, 0.29) is 17.9 Å². The Balaban J connectivity index is 3.72. The minimum absolute atomic E-state index is 0.0840. The highest BCUT2D eigenvalue weighted by Gasteiger charge is 2.19. The molecule has 108 valence electrons. The van der Waals surface area contributed by atoms with Crippen molar-refractivity contribution in [2.75, 3.05) is 13.1 Å². The van der Waals surface area contributed by atoms with E-state index in [9.17, 15) is 9.59 Å². The molecule has 0 spiro atoms. The van der Waals surface area contributed by atoms with E-state index in [0.717, 1.165) is 6.42 Å². The molecule has 0 saturated carbocycles. The summed E-state index contributed by atoms with van der Waals surface area (Å²) in [6, 6.07) is -0.202. The van der Waals surface area contributed by atoms with Gasteiger partial charge in [-0.2, -0.15) is 0 Å². The van der Waals surface area contributed by atoms with Gasteiger partial charge in [-0.05, 0) is 25.2 Å². The van der Waals surface area contributed by atoms with Crippen molar-refractivity contribution in [1.29, 1.82) is 0 Å². The monoisotopic (exact) mass is 268 g/mol. The third kappa shape index (κ3) is 11.1. The topological polar surface area (TPSA) is 78.4 Å². The maximum Gasteiger partial charge on any atom is 0.314 e. The van der Waals surface area contributed by atoms with Crippen molar-refractivity contribution >= 4 is 12.0 Å². The lowest BCUT2D eigenvalue weighted by Gasteiger charge is -2.23. The van der Waals surface area contributed by atoms with Gasteiger partial charge in [-0.15, -0.1) is 11.8 Å². The summed E-state index contributed by atoms with van der Waals surface area (Å²) in [5.41, 5.74) is -0.0840. The van der Waals surface area contributed by atoms with E-state index in [0.29, 0.717) is 25.9 Å². The Morgan fingerprint density at radius 1 is 1.16 bits per heavy atom. The van der Waals surface area contributed by atoms with E-state index in [1.807, 2.05) is 13.8 Å². The molecule has 0 radical (unpaired) electrons. The van der Waals surface area contributed by atoms with Crippen LogP contribution in [0, 0.1) is 17.3 Å². The number of urea groups is 1. The first-order chi connectivity index (χ1) is 8.87. The van der Waals surface area contributed by atoms with Gasteiger partial charge in [0.25, 0.3) is 0 Å². The highest BCUT2D eigenvalue weighted by Crippen LogP contribution is 2.25. The van der Waals surface area contributed by atoms with Crippen LogP contribution in [0.25, 0.3) is 0 Å². The highest BCUT2D eigenvalue weighted by atomic mass is 16.4. The zero-order valence-corrected chi connectivity index (χ0v) is 12.0. The van der Waals surface area contributed by atoms with Crippen LogP contribution in [0.2, 0.25) is 0 Å². The summed E-state index contributed by atoms with van der Waals surface area (Å²) < 4.78 is 0. The number of carboxylic acids is 1. The van der Waals surface area contributed by atoms with Gasteiger partial charge in [0.05, 0.1) is 0 Å². The molecule has 0 aliphatic rings. The summed E-state index contributed by atoms with van der Waals surface area (Å²) in [4.78, 5) is 21.9. The molecule has 0 aliphatic heterocycles. The number of carboxylic acid groups (broad SMARTS) is 1. The average molecular weight is 268 g/mol. The Labute approximate surface area is 115 Å². The van der Waals surface area contributed by atoms with E-state index < -0.39 is 5.97 Å². The molecule has 5 heteroatoms. The Bertz CT molecular complexity index is 353. The summed E-state index contributed by atoms with van der Waals surface area (Å²) in [7, 11) is 0. The second-order valence-corrected chi connectivity index (χ2v) is 5.17. The summed E-state index contributed by atoms with van der Waals surface area (Å²) in [5.74, 6) is 4.84. The first kappa shape index (κ1) is 17.3. The van der Waals surface area contributed by atoms with E-state index in [2.05, 4.69) is 22.5 Å². The van der Waals surface area contributed by atoms with Gasteiger partial charge in [-0.1, -0.05) is 13.8 Å². The summed E-state index contributed by atoms with van der Waals surface area (Å²) in [6.07, 6.45) is 2.17. The lowest BCUT2D eigenvalue weighted by Crippen LogP contribution is -2.37. The van der Waals surface area contributed by atoms with Crippen LogP contribution in [0.3, 0.4) is 0 Å². The molecule has 0 saturated heterocycles. The molecule has 5 nitrogen and oxygen atoms in total. The quantitative estimate of drug-likeness (QED) is 0.465. The fourth-order valence-electron chi connectivity index (χ4n) is 1.51. The number of aliphatic carboxylic acids is 1. The van der Waals surface area contributed by atoms with Crippen molar-refractivity contribution in [3.05, 3.63) is 0 Å². The second-order valence-electron chi connectivity index (χ2n) is 5.17. The Morgan fingerprint density at radius 3 is 2.37 bits per heavy atom. The predicted octanol–water partition coefficient (Wildman–Crippen LogP) is 1.98. The van der Waals surface area contributed by atoms with Gasteiger partial charge in [0.2, 0.25) is 0 Å². The van der Waals surface area contributed by atoms with Gasteiger partial charge in [-0.3, -0.25) is 4.79 Å². The number of hydrogen-bond acceptors (Lipinski definition) is 2. The van der Waals surface area contributed by atoms with Crippen molar-refractivity contribution in [2.24, 2.45) is 5.41 Å².